The Labute approximate surface area is 121 Å². The summed E-state index contributed by atoms with van der Waals surface area (Å²) in [6.07, 6.45) is 0. The summed E-state index contributed by atoms with van der Waals surface area (Å²) in [7, 11) is 2.98. The Morgan fingerprint density at radius 2 is 1.95 bits per heavy atom. The van der Waals surface area contributed by atoms with Crippen molar-refractivity contribution in [3.05, 3.63) is 48.2 Å². The zero-order valence-electron chi connectivity index (χ0n) is 11.7. The number of nitrogens with zero attached hydrogens (tertiary/aromatic N) is 1. The van der Waals surface area contributed by atoms with Gasteiger partial charge in [-0.25, -0.2) is 0 Å². The van der Waals surface area contributed by atoms with Crippen LogP contribution in [-0.2, 0) is 0 Å². The molecule has 21 heavy (non-hydrogen) atoms. The number of fused-ring (bicyclic) bond motifs is 1. The van der Waals surface area contributed by atoms with Gasteiger partial charge in [-0.1, -0.05) is 36.4 Å². The first kappa shape index (κ1) is 13.2. The van der Waals surface area contributed by atoms with Crippen molar-refractivity contribution in [1.82, 2.24) is 10.3 Å². The van der Waals surface area contributed by atoms with E-state index in [4.69, 9.17) is 9.15 Å². The molecule has 0 aliphatic heterocycles. The lowest BCUT2D eigenvalue weighted by Crippen LogP contribution is -2.18. The van der Waals surface area contributed by atoms with Crippen molar-refractivity contribution in [3.8, 4) is 17.4 Å². The van der Waals surface area contributed by atoms with Crippen molar-refractivity contribution in [3.63, 3.8) is 0 Å². The smallest absolute Gasteiger partial charge is 0.318 e. The van der Waals surface area contributed by atoms with E-state index in [1.165, 1.54) is 14.2 Å². The van der Waals surface area contributed by atoms with E-state index in [2.05, 4.69) is 10.3 Å². The van der Waals surface area contributed by atoms with Crippen LogP contribution >= 0.6 is 0 Å². The molecule has 0 aliphatic carbocycles. The Kier molecular flexibility index (Phi) is 3.31. The van der Waals surface area contributed by atoms with Crippen molar-refractivity contribution in [2.75, 3.05) is 14.2 Å². The van der Waals surface area contributed by atoms with E-state index >= 15 is 0 Å². The second kappa shape index (κ2) is 5.28. The van der Waals surface area contributed by atoms with E-state index in [0.717, 1.165) is 16.3 Å². The van der Waals surface area contributed by atoms with Gasteiger partial charge in [-0.15, -0.1) is 0 Å². The fourth-order valence-electron chi connectivity index (χ4n) is 2.23. The lowest BCUT2D eigenvalue weighted by molar-refractivity contribution is 0.0953. The van der Waals surface area contributed by atoms with E-state index in [0.29, 0.717) is 5.89 Å². The third-order valence-corrected chi connectivity index (χ3v) is 3.24. The number of hydrogen-bond acceptors (Lipinski definition) is 4. The topological polar surface area (TPSA) is 64.4 Å². The molecule has 0 saturated carbocycles. The van der Waals surface area contributed by atoms with Gasteiger partial charge in [0.05, 0.1) is 7.11 Å². The van der Waals surface area contributed by atoms with Crippen molar-refractivity contribution < 1.29 is 13.9 Å². The van der Waals surface area contributed by atoms with E-state index < -0.39 is 0 Å². The average molecular weight is 282 g/mol. The van der Waals surface area contributed by atoms with Crippen LogP contribution in [0.1, 0.15) is 10.5 Å². The van der Waals surface area contributed by atoms with E-state index in [-0.39, 0.29) is 17.5 Å². The van der Waals surface area contributed by atoms with Gasteiger partial charge < -0.3 is 14.5 Å². The first-order chi connectivity index (χ1) is 10.2. The minimum atomic E-state index is -0.345. The van der Waals surface area contributed by atoms with Gasteiger partial charge in [-0.3, -0.25) is 4.79 Å². The summed E-state index contributed by atoms with van der Waals surface area (Å²) in [6.45, 7) is 0. The summed E-state index contributed by atoms with van der Waals surface area (Å²) in [4.78, 5) is 16.1. The monoisotopic (exact) mass is 282 g/mol. The molecule has 0 saturated heterocycles. The fraction of sp³-hybridized carbons (Fsp3) is 0.125. The molecular formula is C16H14N2O3. The first-order valence-corrected chi connectivity index (χ1v) is 6.49. The predicted molar refractivity (Wildman–Crippen MR) is 79.4 cm³/mol. The number of hydrogen-bond donors (Lipinski definition) is 1. The summed E-state index contributed by atoms with van der Waals surface area (Å²) in [5, 5.41) is 4.60. The number of rotatable bonds is 3. The second-order valence-electron chi connectivity index (χ2n) is 4.47. The predicted octanol–water partition coefficient (Wildman–Crippen LogP) is 2.86. The van der Waals surface area contributed by atoms with Gasteiger partial charge >= 0.3 is 5.95 Å². The number of nitrogens with one attached hydrogen (secondary N) is 1. The molecule has 0 atom stereocenters. The third kappa shape index (κ3) is 2.23. The number of carbonyl (C=O) groups excluding carboxylic acids is 1. The van der Waals surface area contributed by atoms with Crippen LogP contribution in [0.4, 0.5) is 0 Å². The number of oxazole rings is 1. The van der Waals surface area contributed by atoms with Gasteiger partial charge in [0.25, 0.3) is 5.91 Å². The summed E-state index contributed by atoms with van der Waals surface area (Å²) < 4.78 is 10.7. The molecule has 0 unspecified atom stereocenters. The number of aromatic nitrogens is 1. The molecule has 0 bridgehead atoms. The molecule has 0 aliphatic rings. The molecule has 5 heteroatoms. The van der Waals surface area contributed by atoms with Crippen LogP contribution in [0, 0.1) is 0 Å². The number of amides is 1. The Morgan fingerprint density at radius 1 is 1.19 bits per heavy atom. The molecule has 3 rings (SSSR count). The third-order valence-electron chi connectivity index (χ3n) is 3.24. The minimum Gasteiger partial charge on any atom is -0.467 e. The quantitative estimate of drug-likeness (QED) is 0.802. The molecule has 1 aromatic heterocycles. The largest absolute Gasteiger partial charge is 0.467 e. The van der Waals surface area contributed by atoms with E-state index in [1.54, 1.807) is 0 Å². The van der Waals surface area contributed by atoms with Crippen molar-refractivity contribution in [1.29, 1.82) is 0 Å². The summed E-state index contributed by atoms with van der Waals surface area (Å²) >= 11 is 0. The van der Waals surface area contributed by atoms with Gasteiger partial charge in [-0.2, -0.15) is 4.98 Å². The van der Waals surface area contributed by atoms with Crippen molar-refractivity contribution in [2.45, 2.75) is 0 Å². The SMILES string of the molecule is CNC(=O)c1nc(-c2cccc3ccccc23)oc1OC. The van der Waals surface area contributed by atoms with Crippen LogP contribution in [-0.4, -0.2) is 25.0 Å². The molecule has 3 aromatic rings. The number of methoxy groups -OCH3 is 1. The summed E-state index contributed by atoms with van der Waals surface area (Å²) in [5.74, 6) is 0.127. The highest BCUT2D eigenvalue weighted by atomic mass is 16.6. The molecular weight excluding hydrogens is 268 g/mol. The molecule has 1 N–H and O–H groups in total. The molecule has 1 heterocycles. The van der Waals surface area contributed by atoms with Gasteiger partial charge in [-0.05, 0) is 16.8 Å². The first-order valence-electron chi connectivity index (χ1n) is 6.49. The van der Waals surface area contributed by atoms with E-state index in [9.17, 15) is 4.79 Å². The van der Waals surface area contributed by atoms with Gasteiger partial charge in [0.15, 0.2) is 0 Å². The normalized spacial score (nSPS) is 10.6. The van der Waals surface area contributed by atoms with Crippen LogP contribution in [0.3, 0.4) is 0 Å². The highest BCUT2D eigenvalue weighted by Gasteiger charge is 2.21. The minimum absolute atomic E-state index is 0.109. The fourth-order valence-corrected chi connectivity index (χ4v) is 2.23. The second-order valence-corrected chi connectivity index (χ2v) is 4.47. The maximum absolute atomic E-state index is 11.8. The number of carbonyl (C=O) groups is 1. The number of benzene rings is 2. The zero-order valence-corrected chi connectivity index (χ0v) is 11.7. The molecule has 2 aromatic carbocycles. The highest BCUT2D eigenvalue weighted by molar-refractivity contribution is 5.97. The zero-order chi connectivity index (χ0) is 14.8. The molecule has 1 amide bonds. The maximum atomic E-state index is 11.8. The maximum Gasteiger partial charge on any atom is 0.318 e. The van der Waals surface area contributed by atoms with Crippen LogP contribution in [0.15, 0.2) is 46.9 Å². The van der Waals surface area contributed by atoms with Crippen LogP contribution in [0.5, 0.6) is 5.95 Å². The summed E-state index contributed by atoms with van der Waals surface area (Å²) in [6, 6.07) is 13.8. The van der Waals surface area contributed by atoms with Crippen molar-refractivity contribution in [2.24, 2.45) is 0 Å². The number of ether oxygens (including phenoxy) is 1. The lowest BCUT2D eigenvalue weighted by Gasteiger charge is -2.02. The van der Waals surface area contributed by atoms with Crippen LogP contribution in [0.25, 0.3) is 22.2 Å². The molecule has 106 valence electrons. The highest BCUT2D eigenvalue weighted by Crippen LogP contribution is 2.32. The average Bonchev–Trinajstić information content (AvgIpc) is 2.97. The Balaban J connectivity index is 2.19. The van der Waals surface area contributed by atoms with Crippen LogP contribution < -0.4 is 10.1 Å². The molecule has 0 radical (unpaired) electrons. The van der Waals surface area contributed by atoms with Gasteiger partial charge in [0, 0.05) is 12.6 Å². The molecule has 0 fully saturated rings. The Morgan fingerprint density at radius 3 is 2.71 bits per heavy atom. The molecule has 5 nitrogen and oxygen atoms in total. The van der Waals surface area contributed by atoms with Crippen molar-refractivity contribution >= 4 is 16.7 Å². The summed E-state index contributed by atoms with van der Waals surface area (Å²) in [5.41, 5.74) is 0.962. The standard InChI is InChI=1S/C16H14N2O3/c1-17-14(19)13-16(20-2)21-15(18-13)12-9-5-7-10-6-3-4-8-11(10)12/h3-9H,1-2H3,(H,17,19). The van der Waals surface area contributed by atoms with E-state index in [1.807, 2.05) is 42.5 Å². The Hall–Kier alpha value is -2.82. The van der Waals surface area contributed by atoms with Gasteiger partial charge in [0.2, 0.25) is 11.6 Å². The van der Waals surface area contributed by atoms with Gasteiger partial charge in [0.1, 0.15) is 0 Å². The lowest BCUT2D eigenvalue weighted by atomic mass is 10.0. The Bertz CT molecular complexity index is 803. The van der Waals surface area contributed by atoms with Crippen LogP contribution in [0.2, 0.25) is 0 Å². The molecule has 0 spiro atoms.